The highest BCUT2D eigenvalue weighted by atomic mass is 16.2. The van der Waals surface area contributed by atoms with Crippen molar-refractivity contribution in [3.8, 4) is 0 Å². The van der Waals surface area contributed by atoms with E-state index in [2.05, 4.69) is 37.6 Å². The van der Waals surface area contributed by atoms with Gasteiger partial charge in [-0.05, 0) is 58.2 Å². The van der Waals surface area contributed by atoms with Gasteiger partial charge < -0.3 is 14.8 Å². The van der Waals surface area contributed by atoms with Crippen LogP contribution in [0.4, 0.5) is 0 Å². The molecule has 3 aromatic rings. The van der Waals surface area contributed by atoms with Crippen LogP contribution in [0.2, 0.25) is 0 Å². The molecule has 1 heterocycles. The van der Waals surface area contributed by atoms with Crippen molar-refractivity contribution in [1.29, 1.82) is 0 Å². The number of aromatic nitrogens is 2. The Balaban J connectivity index is 1.53. The minimum Gasteiger partial charge on any atom is -0.356 e. The zero-order chi connectivity index (χ0) is 24.5. The Hall–Kier alpha value is -3.15. The molecule has 0 saturated heterocycles. The fourth-order valence-electron chi connectivity index (χ4n) is 4.54. The first-order valence-corrected chi connectivity index (χ1v) is 12.4. The summed E-state index contributed by atoms with van der Waals surface area (Å²) in [5.74, 6) is 1.14. The molecule has 0 bridgehead atoms. The van der Waals surface area contributed by atoms with Crippen molar-refractivity contribution in [3.05, 3.63) is 66.0 Å². The molecule has 6 nitrogen and oxygen atoms in total. The van der Waals surface area contributed by atoms with Gasteiger partial charge in [0, 0.05) is 25.0 Å². The number of carbonyl (C=O) groups excluding carboxylic acids is 2. The van der Waals surface area contributed by atoms with Crippen LogP contribution in [0.15, 0.2) is 54.6 Å². The number of rotatable bonds is 12. The molecule has 2 amide bonds. The normalized spacial score (nSPS) is 11.4. The van der Waals surface area contributed by atoms with Gasteiger partial charge in [-0.3, -0.25) is 9.59 Å². The standard InChI is InChI=1S/C28H38N4O2/c1-21(2)32(22(3)4)28(34)20-31-25-16-11-10-15-24(25)30-26(31)17-9-6-12-18-29-27(33)19-23-13-7-5-8-14-23/h5,7-8,10-11,13-16,21-22H,6,9,12,17-20H2,1-4H3,(H,29,33). The van der Waals surface area contributed by atoms with Crippen LogP contribution in [0.1, 0.15) is 58.3 Å². The molecule has 182 valence electrons. The first-order chi connectivity index (χ1) is 16.4. The van der Waals surface area contributed by atoms with Crippen LogP contribution in [-0.2, 0) is 29.0 Å². The Morgan fingerprint density at radius 3 is 2.29 bits per heavy atom. The number of imidazole rings is 1. The number of fused-ring (bicyclic) bond motifs is 1. The van der Waals surface area contributed by atoms with Gasteiger partial charge >= 0.3 is 0 Å². The monoisotopic (exact) mass is 462 g/mol. The second kappa shape index (κ2) is 12.4. The van der Waals surface area contributed by atoms with Crippen LogP contribution in [0.5, 0.6) is 0 Å². The Bertz CT molecular complexity index is 1060. The molecule has 0 atom stereocenters. The summed E-state index contributed by atoms with van der Waals surface area (Å²) in [6.45, 7) is 9.22. The number of unbranched alkanes of at least 4 members (excludes halogenated alkanes) is 2. The number of aryl methyl sites for hydroxylation is 1. The average Bonchev–Trinajstić information content (AvgIpc) is 3.13. The van der Waals surface area contributed by atoms with Crippen LogP contribution in [0.3, 0.4) is 0 Å². The number of benzene rings is 2. The fourth-order valence-corrected chi connectivity index (χ4v) is 4.54. The van der Waals surface area contributed by atoms with Crippen molar-refractivity contribution in [3.63, 3.8) is 0 Å². The number of amides is 2. The van der Waals surface area contributed by atoms with Gasteiger partial charge in [-0.15, -0.1) is 0 Å². The maximum absolute atomic E-state index is 13.1. The van der Waals surface area contributed by atoms with Crippen LogP contribution < -0.4 is 5.32 Å². The molecule has 1 N–H and O–H groups in total. The third kappa shape index (κ3) is 6.92. The predicted octanol–water partition coefficient (Wildman–Crippen LogP) is 4.75. The Labute approximate surface area is 203 Å². The second-order valence-electron chi connectivity index (χ2n) is 9.41. The van der Waals surface area contributed by atoms with Crippen molar-refractivity contribution < 1.29 is 9.59 Å². The SMILES string of the molecule is CC(C)N(C(=O)Cn1c(CCCCCNC(=O)Cc2ccccc2)nc2ccccc21)C(C)C. The minimum atomic E-state index is 0.0614. The Kier molecular flexibility index (Phi) is 9.25. The van der Waals surface area contributed by atoms with E-state index in [0.717, 1.165) is 48.1 Å². The van der Waals surface area contributed by atoms with Crippen LogP contribution in [0, 0.1) is 0 Å². The molecule has 0 fully saturated rings. The van der Waals surface area contributed by atoms with Gasteiger partial charge in [0.15, 0.2) is 0 Å². The maximum Gasteiger partial charge on any atom is 0.243 e. The number of hydrogen-bond acceptors (Lipinski definition) is 3. The molecule has 0 aliphatic rings. The van der Waals surface area contributed by atoms with Crippen molar-refractivity contribution in [2.45, 2.75) is 78.4 Å². The number of hydrogen-bond donors (Lipinski definition) is 1. The number of nitrogens with one attached hydrogen (secondary N) is 1. The third-order valence-corrected chi connectivity index (χ3v) is 6.03. The first-order valence-electron chi connectivity index (χ1n) is 12.4. The molecule has 0 radical (unpaired) electrons. The summed E-state index contributed by atoms with van der Waals surface area (Å²) in [7, 11) is 0. The summed E-state index contributed by atoms with van der Waals surface area (Å²) < 4.78 is 2.08. The molecule has 34 heavy (non-hydrogen) atoms. The summed E-state index contributed by atoms with van der Waals surface area (Å²) in [5, 5.41) is 3.01. The van der Waals surface area contributed by atoms with Crippen molar-refractivity contribution in [1.82, 2.24) is 19.8 Å². The molecular formula is C28H38N4O2. The molecule has 3 rings (SSSR count). The molecular weight excluding hydrogens is 424 g/mol. The molecule has 0 aliphatic carbocycles. The predicted molar refractivity (Wildman–Crippen MR) is 138 cm³/mol. The molecule has 0 aliphatic heterocycles. The highest BCUT2D eigenvalue weighted by Crippen LogP contribution is 2.19. The van der Waals surface area contributed by atoms with Gasteiger partial charge in [0.2, 0.25) is 11.8 Å². The van der Waals surface area contributed by atoms with E-state index in [9.17, 15) is 9.59 Å². The van der Waals surface area contributed by atoms with Crippen LogP contribution in [-0.4, -0.2) is 44.9 Å². The first kappa shape index (κ1) is 25.5. The molecule has 0 saturated carbocycles. The zero-order valence-corrected chi connectivity index (χ0v) is 21.0. The van der Waals surface area contributed by atoms with E-state index in [1.54, 1.807) is 0 Å². The van der Waals surface area contributed by atoms with E-state index in [4.69, 9.17) is 4.98 Å². The van der Waals surface area contributed by atoms with E-state index in [1.807, 2.05) is 59.5 Å². The third-order valence-electron chi connectivity index (χ3n) is 6.03. The van der Waals surface area contributed by atoms with E-state index in [-0.39, 0.29) is 23.9 Å². The van der Waals surface area contributed by atoms with Gasteiger partial charge in [0.1, 0.15) is 12.4 Å². The van der Waals surface area contributed by atoms with E-state index < -0.39 is 0 Å². The summed E-state index contributed by atoms with van der Waals surface area (Å²) in [5.41, 5.74) is 2.97. The van der Waals surface area contributed by atoms with E-state index >= 15 is 0 Å². The highest BCUT2D eigenvalue weighted by Gasteiger charge is 2.22. The van der Waals surface area contributed by atoms with Gasteiger partial charge in [0.25, 0.3) is 0 Å². The molecule has 0 unspecified atom stereocenters. The quantitative estimate of drug-likeness (QED) is 0.395. The summed E-state index contributed by atoms with van der Waals surface area (Å²) in [6, 6.07) is 18.1. The van der Waals surface area contributed by atoms with Gasteiger partial charge in [0.05, 0.1) is 17.5 Å². The fraction of sp³-hybridized carbons (Fsp3) is 0.464. The average molecular weight is 463 g/mol. The summed E-state index contributed by atoms with van der Waals surface area (Å²) in [6.07, 6.45) is 4.11. The highest BCUT2D eigenvalue weighted by molar-refractivity contribution is 5.81. The maximum atomic E-state index is 13.1. The van der Waals surface area contributed by atoms with E-state index in [1.165, 1.54) is 0 Å². The van der Waals surface area contributed by atoms with Gasteiger partial charge in [-0.1, -0.05) is 48.9 Å². The van der Waals surface area contributed by atoms with Gasteiger partial charge in [-0.2, -0.15) is 0 Å². The second-order valence-corrected chi connectivity index (χ2v) is 9.41. The van der Waals surface area contributed by atoms with Gasteiger partial charge in [-0.25, -0.2) is 4.98 Å². The van der Waals surface area contributed by atoms with Crippen molar-refractivity contribution in [2.24, 2.45) is 0 Å². The summed E-state index contributed by atoms with van der Waals surface area (Å²) >= 11 is 0. The lowest BCUT2D eigenvalue weighted by Crippen LogP contribution is -2.43. The lowest BCUT2D eigenvalue weighted by molar-refractivity contribution is -0.135. The molecule has 6 heteroatoms. The molecule has 1 aromatic heterocycles. The van der Waals surface area contributed by atoms with E-state index in [0.29, 0.717) is 19.5 Å². The zero-order valence-electron chi connectivity index (χ0n) is 21.0. The lowest BCUT2D eigenvalue weighted by atomic mass is 10.1. The Morgan fingerprint density at radius 2 is 1.59 bits per heavy atom. The molecule has 0 spiro atoms. The number of para-hydroxylation sites is 2. The Morgan fingerprint density at radius 1 is 0.912 bits per heavy atom. The number of nitrogens with zero attached hydrogens (tertiary/aromatic N) is 3. The largest absolute Gasteiger partial charge is 0.356 e. The van der Waals surface area contributed by atoms with Crippen LogP contribution in [0.25, 0.3) is 11.0 Å². The van der Waals surface area contributed by atoms with Crippen molar-refractivity contribution >= 4 is 22.8 Å². The minimum absolute atomic E-state index is 0.0614. The number of carbonyl (C=O) groups is 2. The topological polar surface area (TPSA) is 67.2 Å². The lowest BCUT2D eigenvalue weighted by Gasteiger charge is -2.31. The summed E-state index contributed by atoms with van der Waals surface area (Å²) in [4.78, 5) is 32.0. The molecule has 2 aromatic carbocycles. The van der Waals surface area contributed by atoms with Crippen molar-refractivity contribution in [2.75, 3.05) is 6.54 Å². The van der Waals surface area contributed by atoms with Crippen LogP contribution >= 0.6 is 0 Å². The smallest absolute Gasteiger partial charge is 0.243 e.